The average molecular weight is 380 g/mol. The van der Waals surface area contributed by atoms with Crippen molar-refractivity contribution in [3.05, 3.63) is 27.3 Å². The molecule has 1 aromatic rings. The van der Waals surface area contributed by atoms with Gasteiger partial charge in [0.15, 0.2) is 9.84 Å². The summed E-state index contributed by atoms with van der Waals surface area (Å²) in [6, 6.07) is 5.98. The highest BCUT2D eigenvalue weighted by Gasteiger charge is 2.19. The summed E-state index contributed by atoms with van der Waals surface area (Å²) < 4.78 is 24.1. The van der Waals surface area contributed by atoms with Gasteiger partial charge in [0.05, 0.1) is 11.5 Å². The van der Waals surface area contributed by atoms with Crippen LogP contribution in [0.4, 0.5) is 5.69 Å². The number of hydrogen-bond acceptors (Lipinski definition) is 4. The van der Waals surface area contributed by atoms with Crippen molar-refractivity contribution in [1.82, 2.24) is 4.90 Å². The zero-order valence-corrected chi connectivity index (χ0v) is 13.1. The van der Waals surface area contributed by atoms with Gasteiger partial charge >= 0.3 is 0 Å². The Bertz CT molecular complexity index is 531. The molecular formula is C12H17IN2O2S. The second kappa shape index (κ2) is 5.75. The second-order valence-electron chi connectivity index (χ2n) is 4.64. The molecule has 0 amide bonds. The second-order valence-corrected chi connectivity index (χ2v) is 8.10. The van der Waals surface area contributed by atoms with Crippen LogP contribution in [0.5, 0.6) is 0 Å². The van der Waals surface area contributed by atoms with Crippen molar-refractivity contribution in [3.63, 3.8) is 0 Å². The SMILES string of the molecule is Nc1ccc(CN2CCCS(=O)(=O)CC2)cc1I. The van der Waals surface area contributed by atoms with Crippen LogP contribution in [0.3, 0.4) is 0 Å². The maximum Gasteiger partial charge on any atom is 0.151 e. The van der Waals surface area contributed by atoms with Crippen LogP contribution in [0, 0.1) is 3.57 Å². The largest absolute Gasteiger partial charge is 0.398 e. The van der Waals surface area contributed by atoms with E-state index in [9.17, 15) is 8.42 Å². The fourth-order valence-electron chi connectivity index (χ4n) is 2.08. The van der Waals surface area contributed by atoms with E-state index in [1.165, 1.54) is 5.56 Å². The van der Waals surface area contributed by atoms with Gasteiger partial charge in [0.1, 0.15) is 0 Å². The molecule has 0 aliphatic carbocycles. The first kappa shape index (κ1) is 14.1. The van der Waals surface area contributed by atoms with E-state index in [0.29, 0.717) is 12.3 Å². The van der Waals surface area contributed by atoms with Crippen molar-refractivity contribution in [2.75, 3.05) is 30.3 Å². The molecule has 18 heavy (non-hydrogen) atoms. The lowest BCUT2D eigenvalue weighted by Gasteiger charge is -2.19. The highest BCUT2D eigenvalue weighted by molar-refractivity contribution is 14.1. The zero-order valence-electron chi connectivity index (χ0n) is 10.1. The van der Waals surface area contributed by atoms with Gasteiger partial charge in [-0.15, -0.1) is 0 Å². The van der Waals surface area contributed by atoms with Crippen LogP contribution in [0.15, 0.2) is 18.2 Å². The van der Waals surface area contributed by atoms with Crippen LogP contribution >= 0.6 is 22.6 Å². The first-order valence-corrected chi connectivity index (χ1v) is 8.83. The topological polar surface area (TPSA) is 63.4 Å². The minimum Gasteiger partial charge on any atom is -0.398 e. The smallest absolute Gasteiger partial charge is 0.151 e. The van der Waals surface area contributed by atoms with E-state index in [-0.39, 0.29) is 5.75 Å². The minimum atomic E-state index is -2.82. The normalized spacial score (nSPS) is 20.5. The third-order valence-corrected chi connectivity index (χ3v) is 5.77. The maximum atomic E-state index is 11.5. The monoisotopic (exact) mass is 380 g/mol. The Morgan fingerprint density at radius 2 is 2.06 bits per heavy atom. The molecule has 0 bridgehead atoms. The molecule has 100 valence electrons. The van der Waals surface area contributed by atoms with E-state index >= 15 is 0 Å². The van der Waals surface area contributed by atoms with Crippen molar-refractivity contribution >= 4 is 38.1 Å². The summed E-state index contributed by atoms with van der Waals surface area (Å²) in [4.78, 5) is 2.20. The van der Waals surface area contributed by atoms with Crippen molar-refractivity contribution in [2.24, 2.45) is 0 Å². The highest BCUT2D eigenvalue weighted by Crippen LogP contribution is 2.18. The number of nitrogens with zero attached hydrogens (tertiary/aromatic N) is 1. The van der Waals surface area contributed by atoms with Crippen molar-refractivity contribution in [3.8, 4) is 0 Å². The molecule has 6 heteroatoms. The quantitative estimate of drug-likeness (QED) is 0.624. The minimum absolute atomic E-state index is 0.277. The molecular weight excluding hydrogens is 363 g/mol. The Balaban J connectivity index is 2.03. The number of halogens is 1. The predicted molar refractivity (Wildman–Crippen MR) is 82.1 cm³/mol. The molecule has 1 saturated heterocycles. The number of hydrogen-bond donors (Lipinski definition) is 1. The lowest BCUT2D eigenvalue weighted by atomic mass is 10.2. The van der Waals surface area contributed by atoms with Crippen LogP contribution in [0.1, 0.15) is 12.0 Å². The van der Waals surface area contributed by atoms with Gasteiger partial charge in [-0.25, -0.2) is 8.42 Å². The molecule has 0 radical (unpaired) electrons. The Kier molecular flexibility index (Phi) is 4.50. The number of nitrogen functional groups attached to an aromatic ring is 1. The molecule has 1 aliphatic rings. The van der Waals surface area contributed by atoms with Crippen molar-refractivity contribution in [2.45, 2.75) is 13.0 Å². The van der Waals surface area contributed by atoms with E-state index < -0.39 is 9.84 Å². The molecule has 1 aliphatic heterocycles. The number of nitrogens with two attached hydrogens (primary N) is 1. The lowest BCUT2D eigenvalue weighted by molar-refractivity contribution is 0.287. The zero-order chi connectivity index (χ0) is 13.2. The molecule has 0 atom stereocenters. The van der Waals surface area contributed by atoms with Crippen LogP contribution < -0.4 is 5.73 Å². The standard InChI is InChI=1S/C12H17IN2O2S/c13-11-8-10(2-3-12(11)14)9-15-4-1-6-18(16,17)7-5-15/h2-3,8H,1,4-7,9,14H2. The molecule has 2 rings (SSSR count). The third kappa shape index (κ3) is 3.83. The van der Waals surface area contributed by atoms with Gasteiger partial charge in [-0.1, -0.05) is 6.07 Å². The fraction of sp³-hybridized carbons (Fsp3) is 0.500. The van der Waals surface area contributed by atoms with Crippen molar-refractivity contribution < 1.29 is 8.42 Å². The summed E-state index contributed by atoms with van der Waals surface area (Å²) in [6.45, 7) is 2.27. The van der Waals surface area contributed by atoms with Gasteiger partial charge in [0.25, 0.3) is 0 Å². The van der Waals surface area contributed by atoms with Gasteiger partial charge in [0, 0.05) is 22.3 Å². The first-order chi connectivity index (χ1) is 8.46. The molecule has 0 unspecified atom stereocenters. The van der Waals surface area contributed by atoms with E-state index in [1.807, 2.05) is 12.1 Å². The fourth-order valence-corrected chi connectivity index (χ4v) is 3.96. The number of rotatable bonds is 2. The summed E-state index contributed by atoms with van der Waals surface area (Å²) in [5.74, 6) is 0.599. The van der Waals surface area contributed by atoms with Crippen LogP contribution in [0.2, 0.25) is 0 Å². The number of benzene rings is 1. The summed E-state index contributed by atoms with van der Waals surface area (Å²) in [5, 5.41) is 0. The first-order valence-electron chi connectivity index (χ1n) is 5.93. The van der Waals surface area contributed by atoms with E-state index in [0.717, 1.165) is 28.8 Å². The molecule has 4 nitrogen and oxygen atoms in total. The molecule has 1 aromatic carbocycles. The molecule has 0 saturated carbocycles. The van der Waals surface area contributed by atoms with E-state index in [1.54, 1.807) is 0 Å². The summed E-state index contributed by atoms with van der Waals surface area (Å²) >= 11 is 2.22. The molecule has 0 aromatic heterocycles. The van der Waals surface area contributed by atoms with Gasteiger partial charge in [-0.2, -0.15) is 0 Å². The number of anilines is 1. The Hall–Kier alpha value is -0.340. The van der Waals surface area contributed by atoms with Crippen molar-refractivity contribution in [1.29, 1.82) is 0 Å². The molecule has 1 fully saturated rings. The molecule has 0 spiro atoms. The third-order valence-electron chi connectivity index (χ3n) is 3.12. The van der Waals surface area contributed by atoms with E-state index in [4.69, 9.17) is 5.73 Å². The van der Waals surface area contributed by atoms with Crippen LogP contribution in [0.25, 0.3) is 0 Å². The van der Waals surface area contributed by atoms with Gasteiger partial charge in [0.2, 0.25) is 0 Å². The van der Waals surface area contributed by atoms with Gasteiger partial charge < -0.3 is 5.73 Å². The van der Waals surface area contributed by atoms with Crippen LogP contribution in [-0.4, -0.2) is 37.9 Å². The predicted octanol–water partition coefficient (Wildman–Crippen LogP) is 1.49. The molecule has 2 N–H and O–H groups in total. The Labute approximate surface area is 122 Å². The lowest BCUT2D eigenvalue weighted by Crippen LogP contribution is -2.26. The van der Waals surface area contributed by atoms with Crippen LogP contribution in [-0.2, 0) is 16.4 Å². The number of sulfone groups is 1. The highest BCUT2D eigenvalue weighted by atomic mass is 127. The maximum absolute atomic E-state index is 11.5. The van der Waals surface area contributed by atoms with Gasteiger partial charge in [-0.3, -0.25) is 4.90 Å². The summed E-state index contributed by atoms with van der Waals surface area (Å²) in [6.07, 6.45) is 0.731. The van der Waals surface area contributed by atoms with E-state index in [2.05, 4.69) is 33.6 Å². The average Bonchev–Trinajstić information content (AvgIpc) is 2.46. The Morgan fingerprint density at radius 3 is 2.78 bits per heavy atom. The molecule has 1 heterocycles. The van der Waals surface area contributed by atoms with Gasteiger partial charge in [-0.05, 0) is 53.3 Å². The summed E-state index contributed by atoms with van der Waals surface area (Å²) in [5.41, 5.74) is 7.76. The summed E-state index contributed by atoms with van der Waals surface area (Å²) in [7, 11) is -2.82. The Morgan fingerprint density at radius 1 is 1.28 bits per heavy atom.